The van der Waals surface area contributed by atoms with E-state index in [1.54, 1.807) is 6.08 Å². The van der Waals surface area contributed by atoms with Gasteiger partial charge in [0.05, 0.1) is 22.5 Å². The van der Waals surface area contributed by atoms with E-state index in [-0.39, 0.29) is 16.7 Å². The molecule has 0 bridgehead atoms. The smallest absolute Gasteiger partial charge is 0.293 e. The quantitative estimate of drug-likeness (QED) is 0.450. The molecule has 22 heavy (non-hydrogen) atoms. The summed E-state index contributed by atoms with van der Waals surface area (Å²) in [5.74, 6) is 0. The molecule has 0 radical (unpaired) electrons. The van der Waals surface area contributed by atoms with Crippen molar-refractivity contribution < 1.29 is 18.1 Å². The molecule has 0 aliphatic carbocycles. The molecule has 0 aromatic heterocycles. The van der Waals surface area contributed by atoms with E-state index < -0.39 is 14.8 Å². The van der Waals surface area contributed by atoms with Gasteiger partial charge in [0.15, 0.2) is 9.84 Å². The minimum absolute atomic E-state index is 0.00723. The van der Waals surface area contributed by atoms with Crippen LogP contribution in [0.1, 0.15) is 6.42 Å². The van der Waals surface area contributed by atoms with Gasteiger partial charge in [-0.2, -0.15) is 0 Å². The molecule has 1 aliphatic rings. The van der Waals surface area contributed by atoms with Crippen LogP contribution in [0.15, 0.2) is 35.7 Å². The molecule has 1 unspecified atom stereocenters. The highest BCUT2D eigenvalue weighted by atomic mass is 32.2. The summed E-state index contributed by atoms with van der Waals surface area (Å²) in [6.07, 6.45) is 3.44. The van der Waals surface area contributed by atoms with Gasteiger partial charge in [0.2, 0.25) is 0 Å². The van der Waals surface area contributed by atoms with Gasteiger partial charge in [0.1, 0.15) is 5.69 Å². The third-order valence-corrected chi connectivity index (χ3v) is 4.62. The normalized spacial score (nSPS) is 18.4. The summed E-state index contributed by atoms with van der Waals surface area (Å²) in [5, 5.41) is 11.3. The first-order valence-electron chi connectivity index (χ1n) is 6.79. The molecule has 1 heterocycles. The monoisotopic (exact) mass is 326 g/mol. The Bertz CT molecular complexity index is 686. The number of anilines is 1. The Morgan fingerprint density at radius 2 is 2.27 bits per heavy atom. The zero-order chi connectivity index (χ0) is 16.3. The minimum atomic E-state index is -3.48. The summed E-state index contributed by atoms with van der Waals surface area (Å²) in [4.78, 5) is 12.5. The number of hydrogen-bond donors (Lipinski definition) is 0. The maximum absolute atomic E-state index is 11.5. The molecule has 2 rings (SSSR count). The average molecular weight is 326 g/mol. The summed E-state index contributed by atoms with van der Waals surface area (Å²) in [6, 6.07) is 4.00. The number of nitro benzene ring substituents is 1. The fourth-order valence-electron chi connectivity index (χ4n) is 2.43. The number of benzene rings is 1. The molecule has 8 heteroatoms. The highest BCUT2D eigenvalue weighted by Gasteiger charge is 2.29. The topological polar surface area (TPSA) is 89.8 Å². The fraction of sp³-hybridized carbons (Fsp3) is 0.429. The molecule has 1 aliphatic heterocycles. The Kier molecular flexibility index (Phi) is 4.82. The van der Waals surface area contributed by atoms with Crippen LogP contribution in [0, 0.1) is 10.1 Å². The number of ether oxygens (including phenoxy) is 1. The van der Waals surface area contributed by atoms with Gasteiger partial charge in [-0.3, -0.25) is 10.1 Å². The lowest BCUT2D eigenvalue weighted by Crippen LogP contribution is -2.23. The van der Waals surface area contributed by atoms with Crippen LogP contribution in [0.5, 0.6) is 0 Å². The maximum Gasteiger partial charge on any atom is 0.293 e. The van der Waals surface area contributed by atoms with Crippen LogP contribution in [0.2, 0.25) is 0 Å². The Labute approximate surface area is 129 Å². The maximum atomic E-state index is 11.5. The second-order valence-electron chi connectivity index (χ2n) is 5.16. The molecular weight excluding hydrogens is 308 g/mol. The summed E-state index contributed by atoms with van der Waals surface area (Å²) >= 11 is 0. The predicted octanol–water partition coefficient (Wildman–Crippen LogP) is 1.78. The van der Waals surface area contributed by atoms with Crippen LogP contribution in [-0.2, 0) is 14.6 Å². The van der Waals surface area contributed by atoms with E-state index in [1.807, 2.05) is 4.90 Å². The molecule has 1 aromatic carbocycles. The standard InChI is InChI=1S/C14H18N2O5S/c1-3-8-21-11-6-7-15(10-11)13-5-4-12(22(2,19)20)9-14(13)16(17)18/h3-5,9,11H,1,6-8,10H2,2H3. The highest BCUT2D eigenvalue weighted by Crippen LogP contribution is 2.33. The molecule has 120 valence electrons. The zero-order valence-corrected chi connectivity index (χ0v) is 13.1. The largest absolute Gasteiger partial charge is 0.372 e. The van der Waals surface area contributed by atoms with E-state index in [0.717, 1.165) is 18.7 Å². The number of hydrogen-bond acceptors (Lipinski definition) is 6. The Hall–Kier alpha value is -1.93. The molecule has 1 fully saturated rings. The van der Waals surface area contributed by atoms with Crippen molar-refractivity contribution in [1.82, 2.24) is 0 Å². The Morgan fingerprint density at radius 3 is 2.86 bits per heavy atom. The van der Waals surface area contributed by atoms with E-state index in [1.165, 1.54) is 12.1 Å². The molecule has 1 atom stereocenters. The van der Waals surface area contributed by atoms with Crippen molar-refractivity contribution in [2.24, 2.45) is 0 Å². The van der Waals surface area contributed by atoms with Gasteiger partial charge < -0.3 is 9.64 Å². The van der Waals surface area contributed by atoms with Crippen molar-refractivity contribution >= 4 is 21.2 Å². The third kappa shape index (κ3) is 3.63. The average Bonchev–Trinajstić information content (AvgIpc) is 2.92. The van der Waals surface area contributed by atoms with Crippen molar-refractivity contribution in [2.45, 2.75) is 17.4 Å². The number of nitrogens with zero attached hydrogens (tertiary/aromatic N) is 2. The van der Waals surface area contributed by atoms with Crippen molar-refractivity contribution in [2.75, 3.05) is 30.9 Å². The number of sulfone groups is 1. The number of rotatable bonds is 6. The van der Waals surface area contributed by atoms with Crippen LogP contribution >= 0.6 is 0 Å². The first-order valence-corrected chi connectivity index (χ1v) is 8.68. The van der Waals surface area contributed by atoms with Crippen LogP contribution in [0.4, 0.5) is 11.4 Å². The third-order valence-electron chi connectivity index (χ3n) is 3.51. The van der Waals surface area contributed by atoms with Crippen molar-refractivity contribution in [3.63, 3.8) is 0 Å². The van der Waals surface area contributed by atoms with Gasteiger partial charge in [-0.15, -0.1) is 6.58 Å². The summed E-state index contributed by atoms with van der Waals surface area (Å²) in [5.41, 5.74) is 0.217. The molecular formula is C14H18N2O5S. The lowest BCUT2D eigenvalue weighted by Gasteiger charge is -2.18. The fourth-order valence-corrected chi connectivity index (χ4v) is 3.08. The van der Waals surface area contributed by atoms with Gasteiger partial charge in [0, 0.05) is 25.4 Å². The second kappa shape index (κ2) is 6.45. The van der Waals surface area contributed by atoms with Gasteiger partial charge in [-0.05, 0) is 18.6 Å². The van der Waals surface area contributed by atoms with Crippen molar-refractivity contribution in [1.29, 1.82) is 0 Å². The summed E-state index contributed by atoms with van der Waals surface area (Å²) in [7, 11) is -3.48. The first-order chi connectivity index (χ1) is 10.3. The van der Waals surface area contributed by atoms with Crippen molar-refractivity contribution in [3.05, 3.63) is 41.0 Å². The molecule has 7 nitrogen and oxygen atoms in total. The highest BCUT2D eigenvalue weighted by molar-refractivity contribution is 7.90. The summed E-state index contributed by atoms with van der Waals surface area (Å²) in [6.45, 7) is 5.18. The minimum Gasteiger partial charge on any atom is -0.372 e. The predicted molar refractivity (Wildman–Crippen MR) is 83.0 cm³/mol. The van der Waals surface area contributed by atoms with E-state index in [9.17, 15) is 18.5 Å². The molecule has 0 spiro atoms. The van der Waals surface area contributed by atoms with Gasteiger partial charge in [-0.25, -0.2) is 8.42 Å². The zero-order valence-electron chi connectivity index (χ0n) is 12.3. The van der Waals surface area contributed by atoms with E-state index in [4.69, 9.17) is 4.74 Å². The van der Waals surface area contributed by atoms with Crippen LogP contribution in [-0.4, -0.2) is 45.4 Å². The SMILES string of the molecule is C=CCOC1CCN(c2ccc(S(C)(=O)=O)cc2[N+](=O)[O-])C1. The summed E-state index contributed by atoms with van der Waals surface area (Å²) < 4.78 is 28.6. The van der Waals surface area contributed by atoms with Gasteiger partial charge in [-0.1, -0.05) is 6.08 Å². The lowest BCUT2D eigenvalue weighted by molar-refractivity contribution is -0.384. The van der Waals surface area contributed by atoms with Crippen LogP contribution in [0.25, 0.3) is 0 Å². The Balaban J connectivity index is 2.28. The molecule has 1 aromatic rings. The van der Waals surface area contributed by atoms with E-state index in [2.05, 4.69) is 6.58 Å². The van der Waals surface area contributed by atoms with Crippen LogP contribution < -0.4 is 4.90 Å². The first kappa shape index (κ1) is 16.4. The van der Waals surface area contributed by atoms with Gasteiger partial charge >= 0.3 is 0 Å². The Morgan fingerprint density at radius 1 is 1.55 bits per heavy atom. The number of nitro groups is 1. The van der Waals surface area contributed by atoms with E-state index in [0.29, 0.717) is 25.4 Å². The molecule has 0 amide bonds. The van der Waals surface area contributed by atoms with Gasteiger partial charge in [0.25, 0.3) is 5.69 Å². The van der Waals surface area contributed by atoms with Crippen LogP contribution in [0.3, 0.4) is 0 Å². The molecule has 0 N–H and O–H groups in total. The molecule has 1 saturated heterocycles. The second-order valence-corrected chi connectivity index (χ2v) is 7.17. The lowest BCUT2D eigenvalue weighted by atomic mass is 10.2. The van der Waals surface area contributed by atoms with E-state index >= 15 is 0 Å². The van der Waals surface area contributed by atoms with Crippen molar-refractivity contribution in [3.8, 4) is 0 Å². The molecule has 0 saturated carbocycles.